The van der Waals surface area contributed by atoms with Crippen molar-refractivity contribution in [3.8, 4) is 0 Å². The highest BCUT2D eigenvalue weighted by Crippen LogP contribution is 2.45. The molecule has 3 heteroatoms. The van der Waals surface area contributed by atoms with Gasteiger partial charge >= 0.3 is 0 Å². The summed E-state index contributed by atoms with van der Waals surface area (Å²) in [5.41, 5.74) is 0. The summed E-state index contributed by atoms with van der Waals surface area (Å²) < 4.78 is 5.75. The molecule has 0 radical (unpaired) electrons. The molecule has 0 aliphatic heterocycles. The smallest absolute Gasteiger partial charge is 0.157 e. The van der Waals surface area contributed by atoms with E-state index in [1.807, 2.05) is 0 Å². The van der Waals surface area contributed by atoms with E-state index in [0.717, 1.165) is 19.3 Å². The van der Waals surface area contributed by atoms with Crippen LogP contribution in [0.25, 0.3) is 0 Å². The molecule has 0 aromatic heterocycles. The van der Waals surface area contributed by atoms with Crippen molar-refractivity contribution in [1.82, 2.24) is 0 Å². The Bertz CT molecular complexity index is 328. The summed E-state index contributed by atoms with van der Waals surface area (Å²) in [5, 5.41) is 19.5. The lowest BCUT2D eigenvalue weighted by molar-refractivity contribution is -0.150. The minimum atomic E-state index is -0.588. The fraction of sp³-hybridized carbons (Fsp3) is 0.875. The van der Waals surface area contributed by atoms with Crippen molar-refractivity contribution in [2.75, 3.05) is 13.2 Å². The van der Waals surface area contributed by atoms with Gasteiger partial charge in [-0.1, -0.05) is 18.6 Å². The topological polar surface area (TPSA) is 49.7 Å². The van der Waals surface area contributed by atoms with Gasteiger partial charge in [-0.15, -0.1) is 0 Å². The van der Waals surface area contributed by atoms with Crippen LogP contribution in [0.5, 0.6) is 0 Å². The third-order valence-electron chi connectivity index (χ3n) is 5.35. The van der Waals surface area contributed by atoms with E-state index in [1.54, 1.807) is 0 Å². The Hall–Kier alpha value is -0.380. The number of rotatable bonds is 5. The Kier molecular flexibility index (Phi) is 4.25. The van der Waals surface area contributed by atoms with Crippen LogP contribution in [0.3, 0.4) is 0 Å². The first-order valence-corrected chi connectivity index (χ1v) is 7.85. The molecule has 0 saturated heterocycles. The standard InChI is InChI=1S/C16H26O3/c17-9-12-2-1-3-13(6-12)10-19-16(18)15-8-11-4-5-14(15)7-11/h4-5,11-18H,1-3,6-10H2. The van der Waals surface area contributed by atoms with Gasteiger partial charge < -0.3 is 14.9 Å². The molecule has 3 nitrogen and oxygen atoms in total. The van der Waals surface area contributed by atoms with Crippen LogP contribution < -0.4 is 0 Å². The Labute approximate surface area is 115 Å². The summed E-state index contributed by atoms with van der Waals surface area (Å²) >= 11 is 0. The molecular formula is C16H26O3. The van der Waals surface area contributed by atoms with Crippen LogP contribution in [-0.2, 0) is 4.74 Å². The Morgan fingerprint density at radius 3 is 2.63 bits per heavy atom. The second kappa shape index (κ2) is 5.94. The van der Waals surface area contributed by atoms with E-state index >= 15 is 0 Å². The van der Waals surface area contributed by atoms with Crippen molar-refractivity contribution in [2.45, 2.75) is 44.8 Å². The lowest BCUT2D eigenvalue weighted by Crippen LogP contribution is -2.30. The highest BCUT2D eigenvalue weighted by molar-refractivity contribution is 5.10. The molecule has 0 aromatic carbocycles. The zero-order valence-electron chi connectivity index (χ0n) is 11.6. The van der Waals surface area contributed by atoms with E-state index in [4.69, 9.17) is 4.74 Å². The molecule has 0 spiro atoms. The van der Waals surface area contributed by atoms with Crippen LogP contribution in [0.15, 0.2) is 12.2 Å². The maximum atomic E-state index is 10.2. The van der Waals surface area contributed by atoms with E-state index in [-0.39, 0.29) is 0 Å². The number of aliphatic hydroxyl groups is 2. The van der Waals surface area contributed by atoms with Crippen LogP contribution >= 0.6 is 0 Å². The second-order valence-electron chi connectivity index (χ2n) is 6.75. The first-order chi connectivity index (χ1) is 9.26. The number of hydrogen-bond acceptors (Lipinski definition) is 3. The average Bonchev–Trinajstić information content (AvgIpc) is 3.07. The van der Waals surface area contributed by atoms with Crippen molar-refractivity contribution in [3.05, 3.63) is 12.2 Å². The van der Waals surface area contributed by atoms with Crippen LogP contribution in [0.4, 0.5) is 0 Å². The lowest BCUT2D eigenvalue weighted by atomic mass is 9.82. The average molecular weight is 266 g/mol. The van der Waals surface area contributed by atoms with Crippen molar-refractivity contribution < 1.29 is 14.9 Å². The van der Waals surface area contributed by atoms with Gasteiger partial charge in [0.15, 0.2) is 6.29 Å². The summed E-state index contributed by atoms with van der Waals surface area (Å²) in [6.07, 6.45) is 10.8. The molecule has 2 fully saturated rings. The summed E-state index contributed by atoms with van der Waals surface area (Å²) in [4.78, 5) is 0. The van der Waals surface area contributed by atoms with Crippen LogP contribution in [0, 0.1) is 29.6 Å². The van der Waals surface area contributed by atoms with Gasteiger partial charge in [0.25, 0.3) is 0 Å². The lowest BCUT2D eigenvalue weighted by Gasteiger charge is -2.30. The Balaban J connectivity index is 1.43. The molecule has 2 saturated carbocycles. The predicted molar refractivity (Wildman–Crippen MR) is 73.3 cm³/mol. The van der Waals surface area contributed by atoms with E-state index in [9.17, 15) is 10.2 Å². The van der Waals surface area contributed by atoms with Crippen LogP contribution in [0.2, 0.25) is 0 Å². The van der Waals surface area contributed by atoms with Gasteiger partial charge in [-0.05, 0) is 55.8 Å². The van der Waals surface area contributed by atoms with Crippen molar-refractivity contribution >= 4 is 0 Å². The molecule has 6 unspecified atom stereocenters. The quantitative estimate of drug-likeness (QED) is 0.593. The first kappa shape index (κ1) is 13.6. The molecule has 19 heavy (non-hydrogen) atoms. The molecule has 3 aliphatic rings. The van der Waals surface area contributed by atoms with Crippen molar-refractivity contribution in [1.29, 1.82) is 0 Å². The summed E-state index contributed by atoms with van der Waals surface area (Å²) in [5.74, 6) is 2.50. The van der Waals surface area contributed by atoms with E-state index < -0.39 is 6.29 Å². The summed E-state index contributed by atoms with van der Waals surface area (Å²) in [6, 6.07) is 0. The van der Waals surface area contributed by atoms with Crippen LogP contribution in [0.1, 0.15) is 38.5 Å². The molecule has 6 atom stereocenters. The maximum Gasteiger partial charge on any atom is 0.157 e. The van der Waals surface area contributed by atoms with E-state index in [1.165, 1.54) is 19.3 Å². The van der Waals surface area contributed by atoms with Crippen molar-refractivity contribution in [3.63, 3.8) is 0 Å². The van der Waals surface area contributed by atoms with Gasteiger partial charge in [-0.25, -0.2) is 0 Å². The highest BCUT2D eigenvalue weighted by atomic mass is 16.6. The fourth-order valence-corrected chi connectivity index (χ4v) is 4.23. The highest BCUT2D eigenvalue weighted by Gasteiger charge is 2.40. The first-order valence-electron chi connectivity index (χ1n) is 7.85. The van der Waals surface area contributed by atoms with Gasteiger partial charge in [0.1, 0.15) is 0 Å². The normalized spacial score (nSPS) is 42.7. The SMILES string of the molecule is OCC1CCCC(COC(O)C2CC3C=CC2C3)C1. The molecule has 3 rings (SSSR count). The molecular weight excluding hydrogens is 240 g/mol. The van der Waals surface area contributed by atoms with Gasteiger partial charge in [-0.2, -0.15) is 0 Å². The number of fused-ring (bicyclic) bond motifs is 2. The second-order valence-corrected chi connectivity index (χ2v) is 6.75. The Morgan fingerprint density at radius 1 is 1.11 bits per heavy atom. The monoisotopic (exact) mass is 266 g/mol. The molecule has 0 aromatic rings. The van der Waals surface area contributed by atoms with Crippen molar-refractivity contribution in [2.24, 2.45) is 29.6 Å². The maximum absolute atomic E-state index is 10.2. The molecule has 0 amide bonds. The third kappa shape index (κ3) is 3.04. The Morgan fingerprint density at radius 2 is 1.95 bits per heavy atom. The van der Waals surface area contributed by atoms with Crippen LogP contribution in [-0.4, -0.2) is 29.7 Å². The molecule has 108 valence electrons. The molecule has 2 N–H and O–H groups in total. The van der Waals surface area contributed by atoms with E-state index in [2.05, 4.69) is 12.2 Å². The minimum Gasteiger partial charge on any atom is -0.396 e. The number of ether oxygens (including phenoxy) is 1. The third-order valence-corrected chi connectivity index (χ3v) is 5.35. The predicted octanol–water partition coefficient (Wildman–Crippen LogP) is 2.33. The zero-order valence-corrected chi connectivity index (χ0v) is 11.6. The number of allylic oxidation sites excluding steroid dienone is 2. The van der Waals surface area contributed by atoms with Gasteiger partial charge in [-0.3, -0.25) is 0 Å². The fourth-order valence-electron chi connectivity index (χ4n) is 4.23. The largest absolute Gasteiger partial charge is 0.396 e. The minimum absolute atomic E-state index is 0.302. The molecule has 0 heterocycles. The summed E-state index contributed by atoms with van der Waals surface area (Å²) in [7, 11) is 0. The molecule has 3 aliphatic carbocycles. The van der Waals surface area contributed by atoms with E-state index in [0.29, 0.717) is 42.8 Å². The summed E-state index contributed by atoms with van der Waals surface area (Å²) in [6.45, 7) is 0.964. The zero-order chi connectivity index (χ0) is 13.2. The number of hydrogen-bond donors (Lipinski definition) is 2. The number of aliphatic hydroxyl groups excluding tert-OH is 2. The van der Waals surface area contributed by atoms with Gasteiger partial charge in [0.2, 0.25) is 0 Å². The van der Waals surface area contributed by atoms with Gasteiger partial charge in [0, 0.05) is 12.5 Å². The van der Waals surface area contributed by atoms with Gasteiger partial charge in [0.05, 0.1) is 6.61 Å². The molecule has 2 bridgehead atoms.